The number of amides is 1. The molecule has 2 aliphatic rings. The van der Waals surface area contributed by atoms with E-state index in [0.717, 1.165) is 12.8 Å². The number of rotatable bonds is 3. The molecule has 1 saturated carbocycles. The van der Waals surface area contributed by atoms with E-state index in [0.29, 0.717) is 18.2 Å². The van der Waals surface area contributed by atoms with Crippen LogP contribution >= 0.6 is 0 Å². The van der Waals surface area contributed by atoms with E-state index >= 15 is 0 Å². The number of hydrogen-bond acceptors (Lipinski definition) is 5. The zero-order valence-electron chi connectivity index (χ0n) is 9.30. The molecule has 17 heavy (non-hydrogen) atoms. The first-order chi connectivity index (χ1) is 8.22. The van der Waals surface area contributed by atoms with E-state index in [4.69, 9.17) is 10.2 Å². The predicted octanol–water partition coefficient (Wildman–Crippen LogP) is 0.789. The highest BCUT2D eigenvalue weighted by Gasteiger charge is 2.30. The van der Waals surface area contributed by atoms with Crippen molar-refractivity contribution in [2.45, 2.75) is 31.2 Å². The van der Waals surface area contributed by atoms with Gasteiger partial charge in [0, 0.05) is 12.0 Å². The summed E-state index contributed by atoms with van der Waals surface area (Å²) in [5, 5.41) is 10.3. The number of anilines is 1. The molecule has 0 spiro atoms. The molecule has 90 valence electrons. The van der Waals surface area contributed by atoms with Crippen LogP contribution in [0.15, 0.2) is 16.6 Å². The Bertz CT molecular complexity index is 464. The fourth-order valence-electron chi connectivity index (χ4n) is 1.90. The van der Waals surface area contributed by atoms with E-state index < -0.39 is 0 Å². The van der Waals surface area contributed by atoms with Gasteiger partial charge in [0.1, 0.15) is 0 Å². The molecule has 1 amide bonds. The maximum absolute atomic E-state index is 11.8. The molecule has 2 atom stereocenters. The second-order valence-corrected chi connectivity index (χ2v) is 4.60. The lowest BCUT2D eigenvalue weighted by molar-refractivity contribution is -0.118. The normalized spacial score (nSPS) is 27.4. The average Bonchev–Trinajstić information content (AvgIpc) is 2.90. The van der Waals surface area contributed by atoms with Gasteiger partial charge in [0.05, 0.1) is 5.92 Å². The maximum atomic E-state index is 11.8. The van der Waals surface area contributed by atoms with Crippen molar-refractivity contribution in [1.29, 1.82) is 0 Å². The van der Waals surface area contributed by atoms with Crippen LogP contribution in [0, 0.1) is 5.92 Å². The van der Waals surface area contributed by atoms with Crippen LogP contribution < -0.4 is 11.1 Å². The molecule has 3 N–H and O–H groups in total. The van der Waals surface area contributed by atoms with Gasteiger partial charge in [-0.05, 0) is 19.3 Å². The lowest BCUT2D eigenvalue weighted by Gasteiger charge is -2.06. The molecule has 2 aliphatic carbocycles. The van der Waals surface area contributed by atoms with E-state index in [1.54, 1.807) is 0 Å². The van der Waals surface area contributed by atoms with Gasteiger partial charge in [-0.2, -0.15) is 0 Å². The maximum Gasteiger partial charge on any atom is 0.322 e. The van der Waals surface area contributed by atoms with Crippen molar-refractivity contribution >= 4 is 11.9 Å². The molecular weight excluding hydrogens is 220 g/mol. The largest absolute Gasteiger partial charge is 0.408 e. The van der Waals surface area contributed by atoms with Crippen molar-refractivity contribution in [3.63, 3.8) is 0 Å². The topological polar surface area (TPSA) is 94.0 Å². The van der Waals surface area contributed by atoms with Crippen LogP contribution in [0.3, 0.4) is 0 Å². The number of nitrogens with zero attached hydrogens (tertiary/aromatic N) is 2. The van der Waals surface area contributed by atoms with Gasteiger partial charge < -0.3 is 10.2 Å². The van der Waals surface area contributed by atoms with Gasteiger partial charge in [0.15, 0.2) is 0 Å². The first-order valence-corrected chi connectivity index (χ1v) is 5.80. The SMILES string of the molecule is NC1C=CC(C(=O)Nc2nnc(C3CC3)o2)C1. The third kappa shape index (κ3) is 2.21. The summed E-state index contributed by atoms with van der Waals surface area (Å²) >= 11 is 0. The monoisotopic (exact) mass is 234 g/mol. The Hall–Kier alpha value is -1.69. The van der Waals surface area contributed by atoms with Crippen LogP contribution in [0.4, 0.5) is 6.01 Å². The fraction of sp³-hybridized carbons (Fsp3) is 0.545. The van der Waals surface area contributed by atoms with Crippen molar-refractivity contribution in [2.24, 2.45) is 11.7 Å². The summed E-state index contributed by atoms with van der Waals surface area (Å²) in [5.41, 5.74) is 5.69. The summed E-state index contributed by atoms with van der Waals surface area (Å²) in [6, 6.07) is 0.154. The Balaban J connectivity index is 1.61. The molecule has 0 bridgehead atoms. The smallest absolute Gasteiger partial charge is 0.322 e. The van der Waals surface area contributed by atoms with E-state index in [1.807, 2.05) is 12.2 Å². The molecule has 6 nitrogen and oxygen atoms in total. The number of nitrogens with two attached hydrogens (primary N) is 1. The van der Waals surface area contributed by atoms with Crippen molar-refractivity contribution < 1.29 is 9.21 Å². The van der Waals surface area contributed by atoms with Gasteiger partial charge in [0.25, 0.3) is 0 Å². The molecule has 0 aliphatic heterocycles. The van der Waals surface area contributed by atoms with Gasteiger partial charge >= 0.3 is 6.01 Å². The summed E-state index contributed by atoms with van der Waals surface area (Å²) in [6.07, 6.45) is 6.48. The number of carbonyl (C=O) groups is 1. The lowest BCUT2D eigenvalue weighted by Crippen LogP contribution is -2.24. The van der Waals surface area contributed by atoms with Crippen LogP contribution in [0.5, 0.6) is 0 Å². The highest BCUT2D eigenvalue weighted by molar-refractivity contribution is 5.92. The minimum atomic E-state index is -0.193. The van der Waals surface area contributed by atoms with E-state index in [-0.39, 0.29) is 23.9 Å². The Morgan fingerprint density at radius 1 is 1.41 bits per heavy atom. The number of carbonyl (C=O) groups excluding carboxylic acids is 1. The molecule has 1 aromatic heterocycles. The zero-order chi connectivity index (χ0) is 11.8. The number of nitrogens with one attached hydrogen (secondary N) is 1. The quantitative estimate of drug-likeness (QED) is 0.754. The van der Waals surface area contributed by atoms with Crippen molar-refractivity contribution in [3.8, 4) is 0 Å². The number of aromatic nitrogens is 2. The second-order valence-electron chi connectivity index (χ2n) is 4.60. The summed E-state index contributed by atoms with van der Waals surface area (Å²) in [4.78, 5) is 11.8. The minimum absolute atomic E-state index is 0.0320. The number of hydrogen-bond donors (Lipinski definition) is 2. The average molecular weight is 234 g/mol. The van der Waals surface area contributed by atoms with Gasteiger partial charge in [-0.1, -0.05) is 17.3 Å². The minimum Gasteiger partial charge on any atom is -0.408 e. The van der Waals surface area contributed by atoms with Gasteiger partial charge in [-0.15, -0.1) is 5.10 Å². The first-order valence-electron chi connectivity index (χ1n) is 5.80. The van der Waals surface area contributed by atoms with Gasteiger partial charge in [0.2, 0.25) is 11.8 Å². The molecule has 1 aromatic rings. The third-order valence-electron chi connectivity index (χ3n) is 3.05. The molecule has 6 heteroatoms. The Labute approximate surface area is 98.3 Å². The van der Waals surface area contributed by atoms with Gasteiger partial charge in [-0.3, -0.25) is 10.1 Å². The van der Waals surface area contributed by atoms with Crippen LogP contribution in [0.25, 0.3) is 0 Å². The van der Waals surface area contributed by atoms with Crippen molar-refractivity contribution in [3.05, 3.63) is 18.0 Å². The highest BCUT2D eigenvalue weighted by Crippen LogP contribution is 2.39. The first kappa shape index (κ1) is 10.5. The second kappa shape index (κ2) is 3.96. The van der Waals surface area contributed by atoms with Crippen LogP contribution in [0.1, 0.15) is 31.1 Å². The van der Waals surface area contributed by atoms with Crippen LogP contribution in [-0.4, -0.2) is 22.1 Å². The summed E-state index contributed by atoms with van der Waals surface area (Å²) in [7, 11) is 0. The molecule has 1 fully saturated rings. The lowest BCUT2D eigenvalue weighted by atomic mass is 10.1. The molecule has 0 aromatic carbocycles. The molecule has 0 saturated heterocycles. The Morgan fingerprint density at radius 3 is 2.88 bits per heavy atom. The summed E-state index contributed by atoms with van der Waals surface area (Å²) < 4.78 is 5.36. The summed E-state index contributed by atoms with van der Waals surface area (Å²) in [5.74, 6) is 0.688. The van der Waals surface area contributed by atoms with Crippen molar-refractivity contribution in [1.82, 2.24) is 10.2 Å². The fourth-order valence-corrected chi connectivity index (χ4v) is 1.90. The molecule has 1 heterocycles. The third-order valence-corrected chi connectivity index (χ3v) is 3.05. The standard InChI is InChI=1S/C11H14N4O2/c12-8-4-3-7(5-8)9(16)13-11-15-14-10(17-11)6-1-2-6/h3-4,6-8H,1-2,5,12H2,(H,13,15,16). The van der Waals surface area contributed by atoms with E-state index in [1.165, 1.54) is 0 Å². The Morgan fingerprint density at radius 2 is 2.24 bits per heavy atom. The molecule has 0 radical (unpaired) electrons. The van der Waals surface area contributed by atoms with Crippen molar-refractivity contribution in [2.75, 3.05) is 5.32 Å². The highest BCUT2D eigenvalue weighted by atomic mass is 16.4. The zero-order valence-corrected chi connectivity index (χ0v) is 9.30. The molecular formula is C11H14N4O2. The molecule has 3 rings (SSSR count). The van der Waals surface area contributed by atoms with Crippen LogP contribution in [0.2, 0.25) is 0 Å². The predicted molar refractivity (Wildman–Crippen MR) is 60.1 cm³/mol. The Kier molecular flexibility index (Phi) is 2.44. The van der Waals surface area contributed by atoms with E-state index in [2.05, 4.69) is 15.5 Å². The van der Waals surface area contributed by atoms with Gasteiger partial charge in [-0.25, -0.2) is 0 Å². The molecule has 2 unspecified atom stereocenters. The summed E-state index contributed by atoms with van der Waals surface area (Å²) in [6.45, 7) is 0. The van der Waals surface area contributed by atoms with E-state index in [9.17, 15) is 4.79 Å². The van der Waals surface area contributed by atoms with Crippen LogP contribution in [-0.2, 0) is 4.79 Å².